The van der Waals surface area contributed by atoms with Crippen molar-refractivity contribution in [2.75, 3.05) is 17.7 Å². The van der Waals surface area contributed by atoms with E-state index >= 15 is 0 Å². The van der Waals surface area contributed by atoms with Gasteiger partial charge in [0.25, 0.3) is 5.91 Å². The van der Waals surface area contributed by atoms with E-state index in [1.54, 1.807) is 20.8 Å². The van der Waals surface area contributed by atoms with Gasteiger partial charge < -0.3 is 14.8 Å². The fraction of sp³-hybridized carbons (Fsp3) is 0.263. The molecule has 2 aromatic carbocycles. The second kappa shape index (κ2) is 8.03. The van der Waals surface area contributed by atoms with E-state index in [2.05, 4.69) is 10.6 Å². The van der Waals surface area contributed by atoms with Gasteiger partial charge in [-0.1, -0.05) is 0 Å². The summed E-state index contributed by atoms with van der Waals surface area (Å²) in [6.07, 6.45) is -0.729. The van der Waals surface area contributed by atoms with E-state index in [1.807, 2.05) is 0 Å². The Bertz CT molecular complexity index is 863. The maximum absolute atomic E-state index is 14.0. The molecule has 0 unspecified atom stereocenters. The van der Waals surface area contributed by atoms with Gasteiger partial charge in [0.15, 0.2) is 0 Å². The second-order valence-corrected chi connectivity index (χ2v) is 6.62. The molecule has 0 saturated carbocycles. The Morgan fingerprint density at radius 1 is 0.963 bits per heavy atom. The number of rotatable bonds is 4. The van der Waals surface area contributed by atoms with Crippen LogP contribution in [0.25, 0.3) is 0 Å². The number of methoxy groups -OCH3 is 1. The molecule has 8 heteroatoms. The minimum atomic E-state index is -0.844. The van der Waals surface area contributed by atoms with Crippen LogP contribution in [-0.4, -0.2) is 24.7 Å². The minimum Gasteiger partial charge on any atom is -0.497 e. The Morgan fingerprint density at radius 3 is 2.26 bits per heavy atom. The number of nitrogens with one attached hydrogen (secondary N) is 2. The zero-order chi connectivity index (χ0) is 20.2. The summed E-state index contributed by atoms with van der Waals surface area (Å²) in [5.41, 5.74) is -0.992. The van der Waals surface area contributed by atoms with Crippen LogP contribution < -0.4 is 15.4 Å². The first-order chi connectivity index (χ1) is 12.6. The SMILES string of the molecule is COc1ccc(C(=O)Nc2cc(NC(=O)OC(C)(C)C)ccc2F)c(F)c1. The first-order valence-corrected chi connectivity index (χ1v) is 8.03. The van der Waals surface area contributed by atoms with Crippen LogP contribution in [0.1, 0.15) is 31.1 Å². The molecule has 2 N–H and O–H groups in total. The van der Waals surface area contributed by atoms with Crippen molar-refractivity contribution < 1.29 is 27.8 Å². The number of halogens is 2. The number of anilines is 2. The molecule has 0 aliphatic carbocycles. The molecule has 27 heavy (non-hydrogen) atoms. The summed E-state index contributed by atoms with van der Waals surface area (Å²) in [5, 5.41) is 4.72. The molecule has 2 amide bonds. The molecule has 0 aromatic heterocycles. The third-order valence-electron chi connectivity index (χ3n) is 3.28. The molecule has 0 atom stereocenters. The lowest BCUT2D eigenvalue weighted by atomic mass is 10.1. The second-order valence-electron chi connectivity index (χ2n) is 6.62. The molecular weight excluding hydrogens is 358 g/mol. The average Bonchev–Trinajstić information content (AvgIpc) is 2.55. The summed E-state index contributed by atoms with van der Waals surface area (Å²) < 4.78 is 38.0. The van der Waals surface area contributed by atoms with Gasteiger partial charge in [-0.25, -0.2) is 13.6 Å². The topological polar surface area (TPSA) is 76.7 Å². The Labute approximate surface area is 155 Å². The number of carbonyl (C=O) groups excluding carboxylic acids is 2. The third-order valence-corrected chi connectivity index (χ3v) is 3.28. The highest BCUT2D eigenvalue weighted by Crippen LogP contribution is 2.23. The van der Waals surface area contributed by atoms with Crippen molar-refractivity contribution in [1.29, 1.82) is 0 Å². The van der Waals surface area contributed by atoms with Crippen LogP contribution in [0.4, 0.5) is 25.0 Å². The minimum absolute atomic E-state index is 0.205. The van der Waals surface area contributed by atoms with Crippen LogP contribution in [0.3, 0.4) is 0 Å². The number of hydrogen-bond donors (Lipinski definition) is 2. The molecule has 0 saturated heterocycles. The van der Waals surface area contributed by atoms with Gasteiger partial charge in [0.2, 0.25) is 0 Å². The fourth-order valence-electron chi connectivity index (χ4n) is 2.12. The van der Waals surface area contributed by atoms with Crippen LogP contribution in [0.15, 0.2) is 36.4 Å². The smallest absolute Gasteiger partial charge is 0.412 e. The standard InChI is InChI=1S/C19H20F2N2O4/c1-19(2,3)27-18(25)22-11-5-8-14(20)16(9-11)23-17(24)13-7-6-12(26-4)10-15(13)21/h5-10H,1-4H3,(H,22,25)(H,23,24). The molecule has 0 fully saturated rings. The maximum Gasteiger partial charge on any atom is 0.412 e. The monoisotopic (exact) mass is 378 g/mol. The van der Waals surface area contributed by atoms with Gasteiger partial charge in [-0.15, -0.1) is 0 Å². The van der Waals surface area contributed by atoms with E-state index in [0.29, 0.717) is 0 Å². The van der Waals surface area contributed by atoms with E-state index in [0.717, 1.165) is 12.1 Å². The molecular formula is C19H20F2N2O4. The zero-order valence-corrected chi connectivity index (χ0v) is 15.4. The predicted molar refractivity (Wildman–Crippen MR) is 97.2 cm³/mol. The Morgan fingerprint density at radius 2 is 1.67 bits per heavy atom. The van der Waals surface area contributed by atoms with Gasteiger partial charge >= 0.3 is 6.09 Å². The van der Waals surface area contributed by atoms with Crippen LogP contribution >= 0.6 is 0 Å². The largest absolute Gasteiger partial charge is 0.497 e. The zero-order valence-electron chi connectivity index (χ0n) is 15.4. The van der Waals surface area contributed by atoms with Crippen molar-refractivity contribution in [2.24, 2.45) is 0 Å². The summed E-state index contributed by atoms with van der Waals surface area (Å²) in [6, 6.07) is 7.26. The fourth-order valence-corrected chi connectivity index (χ4v) is 2.12. The summed E-state index contributed by atoms with van der Waals surface area (Å²) in [4.78, 5) is 24.0. The molecule has 0 aliphatic heterocycles. The van der Waals surface area contributed by atoms with Gasteiger partial charge in [-0.05, 0) is 51.1 Å². The van der Waals surface area contributed by atoms with Gasteiger partial charge in [0.1, 0.15) is 23.0 Å². The van der Waals surface area contributed by atoms with Crippen molar-refractivity contribution in [2.45, 2.75) is 26.4 Å². The van der Waals surface area contributed by atoms with E-state index in [4.69, 9.17) is 9.47 Å². The van der Waals surface area contributed by atoms with Gasteiger partial charge in [0, 0.05) is 11.8 Å². The number of carbonyl (C=O) groups is 2. The summed E-state index contributed by atoms with van der Waals surface area (Å²) in [5.74, 6) is -2.15. The average molecular weight is 378 g/mol. The Hall–Kier alpha value is -3.16. The summed E-state index contributed by atoms with van der Waals surface area (Å²) in [7, 11) is 1.37. The summed E-state index contributed by atoms with van der Waals surface area (Å²) >= 11 is 0. The lowest BCUT2D eigenvalue weighted by Gasteiger charge is -2.20. The third kappa shape index (κ3) is 5.67. The van der Waals surface area contributed by atoms with E-state index in [1.165, 1.54) is 31.4 Å². The molecule has 2 aromatic rings. The molecule has 0 radical (unpaired) electrons. The molecule has 144 valence electrons. The number of amides is 2. The van der Waals surface area contributed by atoms with Crippen molar-refractivity contribution in [3.63, 3.8) is 0 Å². The molecule has 0 aliphatic rings. The highest BCUT2D eigenvalue weighted by molar-refractivity contribution is 6.05. The number of benzene rings is 2. The van der Waals surface area contributed by atoms with Gasteiger partial charge in [-0.3, -0.25) is 10.1 Å². The van der Waals surface area contributed by atoms with Crippen molar-refractivity contribution in [3.8, 4) is 5.75 Å². The Kier molecular flexibility index (Phi) is 5.99. The Balaban J connectivity index is 2.16. The summed E-state index contributed by atoms with van der Waals surface area (Å²) in [6.45, 7) is 5.10. The van der Waals surface area contributed by atoms with E-state index < -0.39 is 29.2 Å². The first kappa shape index (κ1) is 20.2. The van der Waals surface area contributed by atoms with Crippen LogP contribution in [0.2, 0.25) is 0 Å². The molecule has 0 spiro atoms. The highest BCUT2D eigenvalue weighted by atomic mass is 19.1. The van der Waals surface area contributed by atoms with Gasteiger partial charge in [-0.2, -0.15) is 0 Å². The molecule has 2 rings (SSSR count). The van der Waals surface area contributed by atoms with Crippen molar-refractivity contribution >= 4 is 23.4 Å². The lowest BCUT2D eigenvalue weighted by molar-refractivity contribution is 0.0635. The lowest BCUT2D eigenvalue weighted by Crippen LogP contribution is -2.27. The van der Waals surface area contributed by atoms with Crippen LogP contribution in [0, 0.1) is 11.6 Å². The maximum atomic E-state index is 14.0. The number of ether oxygens (including phenoxy) is 2. The molecule has 6 nitrogen and oxygen atoms in total. The highest BCUT2D eigenvalue weighted by Gasteiger charge is 2.18. The van der Waals surface area contributed by atoms with Crippen molar-refractivity contribution in [1.82, 2.24) is 0 Å². The van der Waals surface area contributed by atoms with E-state index in [-0.39, 0.29) is 22.7 Å². The van der Waals surface area contributed by atoms with Gasteiger partial charge in [0.05, 0.1) is 18.4 Å². The van der Waals surface area contributed by atoms with Crippen LogP contribution in [-0.2, 0) is 4.74 Å². The van der Waals surface area contributed by atoms with Crippen LogP contribution in [0.5, 0.6) is 5.75 Å². The molecule has 0 bridgehead atoms. The molecule has 0 heterocycles. The van der Waals surface area contributed by atoms with E-state index in [9.17, 15) is 18.4 Å². The quantitative estimate of drug-likeness (QED) is 0.817. The number of hydrogen-bond acceptors (Lipinski definition) is 4. The normalized spacial score (nSPS) is 10.9. The van der Waals surface area contributed by atoms with Crippen molar-refractivity contribution in [3.05, 3.63) is 53.6 Å². The predicted octanol–water partition coefficient (Wildman–Crippen LogP) is 4.57. The first-order valence-electron chi connectivity index (χ1n) is 8.03.